The van der Waals surface area contributed by atoms with Gasteiger partial charge < -0.3 is 131 Å². The number of nitrogens with zero attached hydrogens (tertiary/aromatic N) is 17. The van der Waals surface area contributed by atoms with Crippen LogP contribution < -0.4 is 33.7 Å². The van der Waals surface area contributed by atoms with Gasteiger partial charge in [-0.1, -0.05) is 26.5 Å². The summed E-state index contributed by atoms with van der Waals surface area (Å²) in [5, 5.41) is 115. The second-order valence-electron chi connectivity index (χ2n) is 32.0. The fraction of sp³-hybridized carbons (Fsp3) is 0.553. The molecule has 47 nitrogen and oxygen atoms in total. The van der Waals surface area contributed by atoms with E-state index in [1.54, 1.807) is 41.5 Å². The maximum absolute atomic E-state index is 15.0. The molecule has 0 saturated carbocycles. The standard InChI is InChI=1S/C15H21ClFN3O4.C13H15FN4O4.C12H14ClFN4O4.C12H14F2N4O3.C12H15FN4O5.C12H15FN4O4/c1-8(2)14(22)23-12-11(17)13(24-15(12,6-16)7-21)20-5-4-10(18)19-9(20)3;1-3-13(4-19)9(20)7(14)12(22-13)18-5-15-8-10(18)16-6(2)17-11(8)21;1-5-16-9-7(10(21)17-5)15-4-18(9)11-6(14)8(20)12(2-13,3-19)22-11;13-3-12(4-19)9(20)7(14)11(21-12)18-5-17-8-6(15)1-2-16-10(8)18;1-5-15-9-7(10(21)16-5)14-4-17(9)11-6(13)8(20)12(2-18,3-19)22-11;1-5-15-9-7(10(20)16-5)14-4-17(9)11-6(13)8(19)12(2,3-18)21-11/h4-5,8,11-13,21H,3,6-7H2,1-2H3,(H2,18,19);3,5,7,9,12,19-20H,1,4H2,2H3,(H,16,17,21);4,6,8,11,19-20H,2-3H2,1H3,(H,16,17,21);1-2,5,7,9,11,19-20H,3-4H2,(H2,15,16);4,6,8,11,18-20H,2-3H2,1H3,(H,15,16,21);4,6,8,11,18-19H,3H2,1-2H3,(H,15,16,20)/t11-,12+,13-,15-;7-,9+,12-,13-;6-,8+,11-,12-;7-,9+,11-,12-;6-,8+,11-;6-,8+,11-,12-/m111111/s1. The van der Waals surface area contributed by atoms with E-state index in [1.807, 2.05) is 0 Å². The third-order valence-electron chi connectivity index (χ3n) is 22.8. The number of aliphatic hydroxyl groups is 12. The van der Waals surface area contributed by atoms with Gasteiger partial charge in [0.25, 0.3) is 22.2 Å². The predicted molar refractivity (Wildman–Crippen MR) is 444 cm³/mol. The number of imidazole rings is 5. The smallest absolute Gasteiger partial charge is 0.308 e. The van der Waals surface area contributed by atoms with E-state index < -0.39 is 232 Å². The predicted octanol–water partition coefficient (Wildman–Crippen LogP) is -2.20. The van der Waals surface area contributed by atoms with Gasteiger partial charge in [0.1, 0.15) is 106 Å². The number of amidine groups is 1. The van der Waals surface area contributed by atoms with Gasteiger partial charge in [-0.05, 0) is 46.8 Å². The Balaban J connectivity index is 0.000000143. The van der Waals surface area contributed by atoms with Crippen molar-refractivity contribution >= 4 is 96.5 Å². The number of ether oxygens (including phenoxy) is 7. The summed E-state index contributed by atoms with van der Waals surface area (Å²) < 4.78 is 144. The summed E-state index contributed by atoms with van der Waals surface area (Å²) >= 11 is 11.6. The summed E-state index contributed by atoms with van der Waals surface area (Å²) in [5.74, 6) is 0.106. The number of pyridine rings is 1. The van der Waals surface area contributed by atoms with Crippen LogP contribution in [0.15, 0.2) is 105 Å². The number of hydrogen-bond donors (Lipinski definition) is 18. The maximum Gasteiger partial charge on any atom is 0.308 e. The first kappa shape index (κ1) is 100. The van der Waals surface area contributed by atoms with E-state index in [1.165, 1.54) is 90.8 Å². The number of alkyl halides is 9. The molecule has 10 aromatic heterocycles. The maximum atomic E-state index is 15.0. The van der Waals surface area contributed by atoms with Crippen LogP contribution in [0.3, 0.4) is 0 Å². The van der Waals surface area contributed by atoms with Gasteiger partial charge in [-0.25, -0.2) is 85.6 Å². The van der Waals surface area contributed by atoms with E-state index in [-0.39, 0.29) is 73.7 Å². The molecule has 20 N–H and O–H groups in total. The van der Waals surface area contributed by atoms with Crippen LogP contribution in [0, 0.1) is 33.6 Å². The zero-order valence-corrected chi connectivity index (χ0v) is 72.2. The molecular weight excluding hydrogens is 1820 g/mol. The summed E-state index contributed by atoms with van der Waals surface area (Å²) in [4.78, 5) is 114. The molecule has 0 aliphatic carbocycles. The third kappa shape index (κ3) is 18.0. The molecule has 56 heteroatoms. The third-order valence-corrected chi connectivity index (χ3v) is 23.7. The molecule has 17 heterocycles. The second kappa shape index (κ2) is 39.4. The van der Waals surface area contributed by atoms with Crippen LogP contribution in [-0.2, 0) is 38.0 Å². The van der Waals surface area contributed by atoms with Gasteiger partial charge in [0.2, 0.25) is 0 Å². The summed E-state index contributed by atoms with van der Waals surface area (Å²) in [6.07, 6.45) is -16.8. The molecule has 6 saturated heterocycles. The van der Waals surface area contributed by atoms with E-state index in [0.717, 1.165) is 6.08 Å². The highest BCUT2D eigenvalue weighted by Gasteiger charge is 2.62. The first-order valence-electron chi connectivity index (χ1n) is 39.9. The van der Waals surface area contributed by atoms with Crippen molar-refractivity contribution in [2.24, 2.45) is 16.6 Å². The SMILES string of the molecule is C=C1N=C(N)C=CN1[C@@H]1O[C@@](CO)(CCl)[C@@H](OC(=O)C(C)C)[C@H]1F.C=C[C@]1(CO)O[C@@H](n2cnc3c(=O)[nH]c(C)nc32)[C@H](F)[C@@H]1O.Cc1nc2c(ncn2[C@@H]2OC(CO)(CO)[C@@H](O)[C@H]2F)c(=O)[nH]1.Cc1nc2c(ncn2[C@@H]2O[C@@](CO)(CCl)[C@@H](O)[C@H]2F)c(=O)[nH]1.Cc1nc2c(ncn2[C@@H]2O[C@](C)(CO)[C@@H](O)[C@H]2F)c(=O)[nH]1.Nc1ccnc2c1ncn2[C@@H]1O[C@@](CO)(CF)[C@@H](O)[C@H]1F. The molecule has 10 aromatic rings. The minimum atomic E-state index is -1.99. The van der Waals surface area contributed by atoms with Gasteiger partial charge in [-0.2, -0.15) is 0 Å². The minimum absolute atomic E-state index is 0.00128. The zero-order valence-electron chi connectivity index (χ0n) is 70.7. The summed E-state index contributed by atoms with van der Waals surface area (Å²) in [7, 11) is 0. The summed E-state index contributed by atoms with van der Waals surface area (Å²) in [6.45, 7) is 12.1. The van der Waals surface area contributed by atoms with Crippen molar-refractivity contribution in [2.45, 2.75) is 193 Å². The molecule has 6 fully saturated rings. The first-order chi connectivity index (χ1) is 62.5. The minimum Gasteiger partial charge on any atom is -0.456 e. The van der Waals surface area contributed by atoms with E-state index in [2.05, 4.69) is 87.9 Å². The van der Waals surface area contributed by atoms with Crippen molar-refractivity contribution in [3.8, 4) is 0 Å². The lowest BCUT2D eigenvalue weighted by molar-refractivity contribution is -0.168. The molecule has 7 aliphatic heterocycles. The van der Waals surface area contributed by atoms with Crippen molar-refractivity contribution in [3.05, 3.63) is 146 Å². The lowest BCUT2D eigenvalue weighted by Crippen LogP contribution is -2.50. The van der Waals surface area contributed by atoms with Crippen molar-refractivity contribution in [1.29, 1.82) is 0 Å². The van der Waals surface area contributed by atoms with Crippen LogP contribution in [0.4, 0.5) is 36.4 Å². The summed E-state index contributed by atoms with van der Waals surface area (Å²) in [5.41, 5.74) is 1.07. The molecule has 7 aliphatic rings. The van der Waals surface area contributed by atoms with Gasteiger partial charge >= 0.3 is 5.97 Å². The van der Waals surface area contributed by atoms with Crippen LogP contribution in [0.1, 0.15) is 75.2 Å². The number of aromatic amines is 4. The fourth-order valence-corrected chi connectivity index (χ4v) is 15.7. The monoisotopic (exact) mass is 1920 g/mol. The Morgan fingerprint density at radius 3 is 1.20 bits per heavy atom. The number of aromatic nitrogens is 19. The average Bonchev–Trinajstić information content (AvgIpc) is 1.61. The Kier molecular flexibility index (Phi) is 29.9. The Bertz CT molecular complexity index is 6040. The Morgan fingerprint density at radius 2 is 0.856 bits per heavy atom. The van der Waals surface area contributed by atoms with E-state index >= 15 is 4.39 Å². The highest BCUT2D eigenvalue weighted by molar-refractivity contribution is 6.19. The van der Waals surface area contributed by atoms with Gasteiger partial charge in [-0.15, -0.1) is 29.8 Å². The van der Waals surface area contributed by atoms with Crippen molar-refractivity contribution < 1.29 is 130 Å². The normalized spacial score (nSPS) is 31.7. The molecule has 0 unspecified atom stereocenters. The van der Waals surface area contributed by atoms with Crippen LogP contribution in [-0.4, -0.2) is 349 Å². The number of hydrogen-bond acceptors (Lipinski definition) is 38. The molecule has 0 aromatic carbocycles. The number of aliphatic hydroxyl groups excluding tert-OH is 12. The molecule has 0 amide bonds. The van der Waals surface area contributed by atoms with Crippen LogP contribution in [0.2, 0.25) is 0 Å². The van der Waals surface area contributed by atoms with Crippen LogP contribution >= 0.6 is 23.2 Å². The Morgan fingerprint density at radius 1 is 0.500 bits per heavy atom. The number of fused-ring (bicyclic) bond motifs is 5. The molecule has 0 spiro atoms. The number of halogens is 9. The van der Waals surface area contributed by atoms with Crippen molar-refractivity contribution in [1.82, 2.24) is 97.5 Å². The molecule has 17 rings (SSSR count). The molecule has 720 valence electrons. The average molecular weight is 1920 g/mol. The van der Waals surface area contributed by atoms with E-state index in [9.17, 15) is 112 Å². The Labute approximate surface area is 747 Å². The number of esters is 1. The molecular formula is C76H94Cl2F7N23O24. The number of carbonyl (C=O) groups excluding carboxylic acids is 1. The molecule has 132 heavy (non-hydrogen) atoms. The van der Waals surface area contributed by atoms with E-state index in [0.29, 0.717) is 34.5 Å². The van der Waals surface area contributed by atoms with Gasteiger partial charge in [-0.3, -0.25) is 46.8 Å². The zero-order chi connectivity index (χ0) is 96.8. The second-order valence-corrected chi connectivity index (χ2v) is 32.5. The number of nitrogens with one attached hydrogen (secondary N) is 4. The summed E-state index contributed by atoms with van der Waals surface area (Å²) in [6, 6.07) is 1.54. The van der Waals surface area contributed by atoms with Crippen LogP contribution in [0.5, 0.6) is 0 Å². The number of H-pyrrole nitrogens is 4. The lowest BCUT2D eigenvalue weighted by atomic mass is 9.97. The Hall–Kier alpha value is -10.8. The molecule has 0 bridgehead atoms. The molecule has 0 radical (unpaired) electrons. The number of aryl methyl sites for hydroxylation is 4. The van der Waals surface area contributed by atoms with Gasteiger partial charge in [0.05, 0.1) is 101 Å². The lowest BCUT2D eigenvalue weighted by Gasteiger charge is -2.31. The number of nitrogen functional groups attached to an aromatic ring is 1. The molecule has 23 atom stereocenters. The first-order valence-corrected chi connectivity index (χ1v) is 40.9. The number of anilines is 1. The number of carbonyl (C=O) groups is 1. The number of aliphatic imine (C=N–C) groups is 1. The topological polar surface area (TPSA) is 677 Å². The largest absolute Gasteiger partial charge is 0.456 e. The van der Waals surface area contributed by atoms with Gasteiger partial charge in [0.15, 0.2) is 136 Å². The highest BCUT2D eigenvalue weighted by Crippen LogP contribution is 2.47. The highest BCUT2D eigenvalue weighted by atomic mass is 35.5. The fourth-order valence-electron chi connectivity index (χ4n) is 15.1. The van der Waals surface area contributed by atoms with Crippen molar-refractivity contribution in [3.63, 3.8) is 0 Å². The van der Waals surface area contributed by atoms with Crippen molar-refractivity contribution in [2.75, 3.05) is 70.4 Å². The number of rotatable bonds is 19. The van der Waals surface area contributed by atoms with E-state index in [4.69, 9.17) is 67.8 Å². The van der Waals surface area contributed by atoms with Crippen LogP contribution in [0.25, 0.3) is 55.8 Å². The number of nitrogens with two attached hydrogens (primary N) is 2. The van der Waals surface area contributed by atoms with Gasteiger partial charge in [0, 0.05) is 12.4 Å². The quantitative estimate of drug-likeness (QED) is 0.0177.